The number of benzene rings is 1. The topological polar surface area (TPSA) is 62.2 Å². The highest BCUT2D eigenvalue weighted by atomic mass is 32.1. The monoisotopic (exact) mass is 248 g/mol. The van der Waals surface area contributed by atoms with Crippen LogP contribution in [0.4, 0.5) is 10.7 Å². The van der Waals surface area contributed by atoms with Crippen LogP contribution in [0.2, 0.25) is 0 Å². The normalized spacial score (nSPS) is 10.2. The van der Waals surface area contributed by atoms with Crippen LogP contribution >= 0.6 is 11.3 Å². The van der Waals surface area contributed by atoms with Crippen LogP contribution in [0.5, 0.6) is 0 Å². The highest BCUT2D eigenvalue weighted by Crippen LogP contribution is 2.26. The van der Waals surface area contributed by atoms with E-state index in [-0.39, 0.29) is 5.69 Å². The largest absolute Gasteiger partial charge is 0.476 e. The number of aromatic nitrogens is 1. The summed E-state index contributed by atoms with van der Waals surface area (Å²) in [6.07, 6.45) is 0. The van der Waals surface area contributed by atoms with Crippen LogP contribution in [-0.2, 0) is 0 Å². The zero-order chi connectivity index (χ0) is 12.4. The first kappa shape index (κ1) is 11.6. The van der Waals surface area contributed by atoms with E-state index in [1.807, 2.05) is 26.0 Å². The van der Waals surface area contributed by atoms with Gasteiger partial charge in [0.1, 0.15) is 5.00 Å². The Balaban J connectivity index is 2.31. The molecule has 2 aromatic rings. The zero-order valence-electron chi connectivity index (χ0n) is 9.52. The van der Waals surface area contributed by atoms with Crippen molar-refractivity contribution in [1.82, 2.24) is 4.98 Å². The summed E-state index contributed by atoms with van der Waals surface area (Å²) in [7, 11) is 0. The van der Waals surface area contributed by atoms with Crippen molar-refractivity contribution in [2.45, 2.75) is 13.8 Å². The van der Waals surface area contributed by atoms with E-state index in [9.17, 15) is 4.79 Å². The second kappa shape index (κ2) is 4.55. The molecule has 2 rings (SSSR count). The maximum atomic E-state index is 10.9. The Morgan fingerprint density at radius 1 is 1.29 bits per heavy atom. The molecule has 0 unspecified atom stereocenters. The van der Waals surface area contributed by atoms with Crippen molar-refractivity contribution < 1.29 is 9.90 Å². The first-order chi connectivity index (χ1) is 8.06. The lowest BCUT2D eigenvalue weighted by Gasteiger charge is -2.07. The molecule has 0 bridgehead atoms. The van der Waals surface area contributed by atoms with Gasteiger partial charge in [-0.1, -0.05) is 6.07 Å². The lowest BCUT2D eigenvalue weighted by atomic mass is 10.1. The molecule has 1 aromatic heterocycles. The quantitative estimate of drug-likeness (QED) is 0.875. The van der Waals surface area contributed by atoms with E-state index in [0.717, 1.165) is 16.8 Å². The Morgan fingerprint density at radius 2 is 1.94 bits per heavy atom. The molecule has 0 fully saturated rings. The first-order valence-electron chi connectivity index (χ1n) is 5.08. The minimum Gasteiger partial charge on any atom is -0.476 e. The van der Waals surface area contributed by atoms with Gasteiger partial charge in [0.2, 0.25) is 0 Å². The molecule has 4 nitrogen and oxygen atoms in total. The summed E-state index contributed by atoms with van der Waals surface area (Å²) < 4.78 is 0. The molecular weight excluding hydrogens is 236 g/mol. The highest BCUT2D eigenvalue weighted by Gasteiger charge is 2.13. The molecule has 5 heteroatoms. The SMILES string of the molecule is Cc1cc(C)cc(Nc2scnc2C(=O)O)c1. The number of carboxylic acid groups (broad SMARTS) is 1. The van der Waals surface area contributed by atoms with E-state index in [2.05, 4.69) is 16.4 Å². The van der Waals surface area contributed by atoms with Crippen molar-refractivity contribution in [3.05, 3.63) is 40.5 Å². The Bertz CT molecular complexity index is 543. The van der Waals surface area contributed by atoms with Gasteiger partial charge in [-0.15, -0.1) is 11.3 Å². The number of carbonyl (C=O) groups is 1. The Labute approximate surface area is 103 Å². The molecule has 2 N–H and O–H groups in total. The molecule has 0 saturated heterocycles. The van der Waals surface area contributed by atoms with Gasteiger partial charge in [-0.05, 0) is 37.1 Å². The van der Waals surface area contributed by atoms with Gasteiger partial charge in [0.05, 0.1) is 5.51 Å². The van der Waals surface area contributed by atoms with Crippen molar-refractivity contribution >= 4 is 28.0 Å². The molecule has 0 radical (unpaired) electrons. The zero-order valence-corrected chi connectivity index (χ0v) is 10.3. The third-order valence-corrected chi connectivity index (χ3v) is 2.99. The average molecular weight is 248 g/mol. The molecule has 0 aliphatic rings. The van der Waals surface area contributed by atoms with Crippen LogP contribution in [-0.4, -0.2) is 16.1 Å². The van der Waals surface area contributed by atoms with E-state index >= 15 is 0 Å². The fourth-order valence-corrected chi connectivity index (χ4v) is 2.36. The number of rotatable bonds is 3. The molecular formula is C12H12N2O2S. The number of aromatic carboxylic acids is 1. The van der Waals surface area contributed by atoms with Crippen LogP contribution in [0.3, 0.4) is 0 Å². The van der Waals surface area contributed by atoms with Crippen LogP contribution < -0.4 is 5.32 Å². The Hall–Kier alpha value is -1.88. The van der Waals surface area contributed by atoms with Gasteiger partial charge in [0, 0.05) is 5.69 Å². The fraction of sp³-hybridized carbons (Fsp3) is 0.167. The Morgan fingerprint density at radius 3 is 2.53 bits per heavy atom. The van der Waals surface area contributed by atoms with Crippen LogP contribution in [0.25, 0.3) is 0 Å². The number of anilines is 2. The summed E-state index contributed by atoms with van der Waals surface area (Å²) in [5, 5.41) is 12.6. The second-order valence-corrected chi connectivity index (χ2v) is 4.69. The molecule has 0 aliphatic heterocycles. The van der Waals surface area contributed by atoms with E-state index in [1.54, 1.807) is 0 Å². The van der Waals surface area contributed by atoms with E-state index < -0.39 is 5.97 Å². The summed E-state index contributed by atoms with van der Waals surface area (Å²) >= 11 is 1.28. The molecule has 0 saturated carbocycles. The molecule has 1 aromatic carbocycles. The molecule has 0 atom stereocenters. The van der Waals surface area contributed by atoms with E-state index in [0.29, 0.717) is 5.00 Å². The molecule has 0 spiro atoms. The van der Waals surface area contributed by atoms with Crippen molar-refractivity contribution in [2.24, 2.45) is 0 Å². The fourth-order valence-electron chi connectivity index (χ4n) is 1.67. The number of aryl methyl sites for hydroxylation is 2. The van der Waals surface area contributed by atoms with Gasteiger partial charge in [0.15, 0.2) is 5.69 Å². The third kappa shape index (κ3) is 2.62. The smallest absolute Gasteiger partial charge is 0.357 e. The lowest BCUT2D eigenvalue weighted by molar-refractivity contribution is 0.0692. The van der Waals surface area contributed by atoms with Crippen molar-refractivity contribution in [2.75, 3.05) is 5.32 Å². The van der Waals surface area contributed by atoms with Crippen molar-refractivity contribution in [1.29, 1.82) is 0 Å². The summed E-state index contributed by atoms with van der Waals surface area (Å²) in [6.45, 7) is 4.01. The van der Waals surface area contributed by atoms with Crippen LogP contribution in [0.1, 0.15) is 21.6 Å². The standard InChI is InChI=1S/C12H12N2O2S/c1-7-3-8(2)5-9(4-7)14-11-10(12(15)16)13-6-17-11/h3-6,14H,1-2H3,(H,15,16). The maximum absolute atomic E-state index is 10.9. The van der Waals surface area contributed by atoms with E-state index in [4.69, 9.17) is 5.11 Å². The van der Waals surface area contributed by atoms with Gasteiger partial charge in [-0.2, -0.15) is 0 Å². The summed E-state index contributed by atoms with van der Waals surface area (Å²) in [4.78, 5) is 14.7. The van der Waals surface area contributed by atoms with Gasteiger partial charge in [0.25, 0.3) is 0 Å². The molecule has 1 heterocycles. The van der Waals surface area contributed by atoms with Crippen LogP contribution in [0, 0.1) is 13.8 Å². The molecule has 0 amide bonds. The van der Waals surface area contributed by atoms with Gasteiger partial charge in [-0.25, -0.2) is 9.78 Å². The first-order valence-corrected chi connectivity index (χ1v) is 5.96. The number of hydrogen-bond acceptors (Lipinski definition) is 4. The van der Waals surface area contributed by atoms with Gasteiger partial charge < -0.3 is 10.4 Å². The minimum atomic E-state index is -1.02. The number of hydrogen-bond donors (Lipinski definition) is 2. The highest BCUT2D eigenvalue weighted by molar-refractivity contribution is 7.14. The maximum Gasteiger partial charge on any atom is 0.357 e. The van der Waals surface area contributed by atoms with Crippen molar-refractivity contribution in [3.63, 3.8) is 0 Å². The van der Waals surface area contributed by atoms with E-state index in [1.165, 1.54) is 16.8 Å². The second-order valence-electron chi connectivity index (χ2n) is 3.84. The number of carboxylic acids is 1. The van der Waals surface area contributed by atoms with Crippen LogP contribution in [0.15, 0.2) is 23.7 Å². The number of nitrogens with one attached hydrogen (secondary N) is 1. The average Bonchev–Trinajstić information content (AvgIpc) is 2.63. The molecule has 88 valence electrons. The van der Waals surface area contributed by atoms with Crippen molar-refractivity contribution in [3.8, 4) is 0 Å². The summed E-state index contributed by atoms with van der Waals surface area (Å²) in [6, 6.07) is 6.01. The minimum absolute atomic E-state index is 0.0640. The third-order valence-electron chi connectivity index (χ3n) is 2.25. The van der Waals surface area contributed by atoms with Gasteiger partial charge in [-0.3, -0.25) is 0 Å². The summed E-state index contributed by atoms with van der Waals surface area (Å²) in [5.41, 5.74) is 4.74. The molecule has 17 heavy (non-hydrogen) atoms. The van der Waals surface area contributed by atoms with Gasteiger partial charge >= 0.3 is 5.97 Å². The number of nitrogens with zero attached hydrogens (tertiary/aromatic N) is 1. The molecule has 0 aliphatic carbocycles. The number of thiazole rings is 1. The predicted octanol–water partition coefficient (Wildman–Crippen LogP) is 3.20. The predicted molar refractivity (Wildman–Crippen MR) is 68.3 cm³/mol. The lowest BCUT2D eigenvalue weighted by Crippen LogP contribution is -2.01. The Kier molecular flexibility index (Phi) is 3.10. The summed E-state index contributed by atoms with van der Waals surface area (Å²) in [5.74, 6) is -1.02.